The maximum absolute atomic E-state index is 11.0. The normalized spacial score (nSPS) is 34.4. The van der Waals surface area contributed by atoms with Gasteiger partial charge in [-0.3, -0.25) is 0 Å². The van der Waals surface area contributed by atoms with Gasteiger partial charge in [0.15, 0.2) is 14.6 Å². The molecule has 2 aliphatic rings. The minimum absolute atomic E-state index is 0.0162. The monoisotopic (exact) mass is 454 g/mol. The van der Waals surface area contributed by atoms with Crippen LogP contribution in [0.15, 0.2) is 24.3 Å². The van der Waals surface area contributed by atoms with Crippen LogP contribution in [0.2, 0.25) is 18.1 Å². The average Bonchev–Trinajstić information content (AvgIpc) is 2.71. The molecule has 7 nitrogen and oxygen atoms in total. The molecule has 31 heavy (non-hydrogen) atoms. The number of hydrogen-bond donors (Lipinski definition) is 3. The minimum atomic E-state index is -2.06. The number of methoxy groups -OCH3 is 1. The first kappa shape index (κ1) is 24.8. The zero-order valence-electron chi connectivity index (χ0n) is 19.4. The summed E-state index contributed by atoms with van der Waals surface area (Å²) >= 11 is 0. The summed E-state index contributed by atoms with van der Waals surface area (Å²) in [5.74, 6) is 0. The van der Waals surface area contributed by atoms with Crippen LogP contribution in [0.25, 0.3) is 0 Å². The molecule has 8 heteroatoms. The van der Waals surface area contributed by atoms with Crippen LogP contribution in [0, 0.1) is 0 Å². The van der Waals surface area contributed by atoms with Gasteiger partial charge in [-0.2, -0.15) is 0 Å². The first-order chi connectivity index (χ1) is 14.5. The predicted molar refractivity (Wildman–Crippen MR) is 119 cm³/mol. The van der Waals surface area contributed by atoms with Gasteiger partial charge in [-0.15, -0.1) is 0 Å². The molecule has 0 radical (unpaired) electrons. The second-order valence-corrected chi connectivity index (χ2v) is 15.0. The van der Waals surface area contributed by atoms with E-state index >= 15 is 0 Å². The fourth-order valence-electron chi connectivity index (χ4n) is 3.95. The van der Waals surface area contributed by atoms with E-state index in [1.54, 1.807) is 0 Å². The molecule has 1 heterocycles. The molecule has 1 aromatic rings. The van der Waals surface area contributed by atoms with Crippen molar-refractivity contribution >= 4 is 8.32 Å². The van der Waals surface area contributed by atoms with E-state index in [0.29, 0.717) is 6.42 Å². The highest BCUT2D eigenvalue weighted by Crippen LogP contribution is 2.38. The van der Waals surface area contributed by atoms with Gasteiger partial charge in [0.1, 0.15) is 30.5 Å². The molecule has 1 fully saturated rings. The molecule has 3 rings (SSSR count). The summed E-state index contributed by atoms with van der Waals surface area (Å²) in [4.78, 5) is 0. The Labute approximate surface area is 186 Å². The molecule has 0 unspecified atom stereocenters. The lowest BCUT2D eigenvalue weighted by Gasteiger charge is -2.45. The summed E-state index contributed by atoms with van der Waals surface area (Å²) in [6.45, 7) is 10.9. The number of rotatable bonds is 6. The lowest BCUT2D eigenvalue weighted by atomic mass is 9.87. The van der Waals surface area contributed by atoms with E-state index in [0.717, 1.165) is 17.5 Å². The fraction of sp³-hybridized carbons (Fsp3) is 0.739. The number of aliphatic hydroxyl groups is 3. The SMILES string of the molecule is CO[C@H]1O[C@H](CO[Si](C)(C)C(C)(C)C)[C@@H](O)[C@H](O[C@@H]2CCc3ccccc3[C@H]2O)[C@@H]1O. The Morgan fingerprint density at radius 2 is 1.77 bits per heavy atom. The van der Waals surface area contributed by atoms with Crippen LogP contribution in [0.3, 0.4) is 0 Å². The molecule has 7 atom stereocenters. The van der Waals surface area contributed by atoms with Gasteiger partial charge >= 0.3 is 0 Å². The van der Waals surface area contributed by atoms with Crippen LogP contribution < -0.4 is 0 Å². The highest BCUT2D eigenvalue weighted by molar-refractivity contribution is 6.74. The van der Waals surface area contributed by atoms with Gasteiger partial charge in [-0.1, -0.05) is 45.0 Å². The first-order valence-corrected chi connectivity index (χ1v) is 14.0. The Balaban J connectivity index is 1.73. The van der Waals surface area contributed by atoms with Crippen LogP contribution in [0.4, 0.5) is 0 Å². The second-order valence-electron chi connectivity index (χ2n) is 10.2. The Hall–Kier alpha value is -0.843. The van der Waals surface area contributed by atoms with E-state index in [1.807, 2.05) is 24.3 Å². The van der Waals surface area contributed by atoms with Crippen LogP contribution in [0.5, 0.6) is 0 Å². The Morgan fingerprint density at radius 1 is 1.10 bits per heavy atom. The van der Waals surface area contributed by atoms with Gasteiger partial charge in [0, 0.05) is 7.11 Å². The van der Waals surface area contributed by atoms with Gasteiger partial charge in [0.2, 0.25) is 0 Å². The van der Waals surface area contributed by atoms with Crippen molar-refractivity contribution in [1.29, 1.82) is 0 Å². The molecular weight excluding hydrogens is 416 g/mol. The van der Waals surface area contributed by atoms with Crippen LogP contribution in [-0.4, -0.2) is 74.2 Å². The minimum Gasteiger partial charge on any atom is -0.414 e. The number of aryl methyl sites for hydroxylation is 1. The summed E-state index contributed by atoms with van der Waals surface area (Å²) in [6, 6.07) is 7.73. The molecule has 0 aromatic heterocycles. The van der Waals surface area contributed by atoms with E-state index < -0.39 is 51.2 Å². The molecule has 3 N–H and O–H groups in total. The average molecular weight is 455 g/mol. The van der Waals surface area contributed by atoms with Crippen molar-refractivity contribution in [2.45, 2.75) is 94.7 Å². The van der Waals surface area contributed by atoms with Crippen molar-refractivity contribution in [2.24, 2.45) is 0 Å². The van der Waals surface area contributed by atoms with Crippen molar-refractivity contribution in [2.75, 3.05) is 13.7 Å². The number of fused-ring (bicyclic) bond motifs is 1. The second kappa shape index (κ2) is 9.57. The lowest BCUT2D eigenvalue weighted by molar-refractivity contribution is -0.310. The molecule has 0 spiro atoms. The molecule has 176 valence electrons. The topological polar surface area (TPSA) is 97.6 Å². The van der Waals surface area contributed by atoms with Gasteiger partial charge in [0.25, 0.3) is 0 Å². The Bertz CT molecular complexity index is 735. The van der Waals surface area contributed by atoms with E-state index in [1.165, 1.54) is 7.11 Å². The standard InChI is InChI=1S/C23H38O7Si/c1-23(2,3)31(5,6)28-13-17-19(25)21(20(26)22(27-4)30-17)29-16-12-11-14-9-7-8-10-15(14)18(16)24/h7-10,16-22,24-26H,11-13H2,1-6H3/t16-,17-,18-,19-,20+,21+,22+/m1/s1. The summed E-state index contributed by atoms with van der Waals surface area (Å²) in [6.07, 6.45) is -4.93. The maximum Gasteiger partial charge on any atom is 0.192 e. The summed E-state index contributed by atoms with van der Waals surface area (Å²) in [5, 5.41) is 32.6. The Kier molecular flexibility index (Phi) is 7.65. The number of benzene rings is 1. The van der Waals surface area contributed by atoms with Crippen molar-refractivity contribution in [3.05, 3.63) is 35.4 Å². The van der Waals surface area contributed by atoms with Crippen molar-refractivity contribution in [3.63, 3.8) is 0 Å². The summed E-state index contributed by atoms with van der Waals surface area (Å²) in [5.41, 5.74) is 1.93. The highest BCUT2D eigenvalue weighted by Gasteiger charge is 2.48. The van der Waals surface area contributed by atoms with Crippen LogP contribution >= 0.6 is 0 Å². The molecule has 0 saturated carbocycles. The molecular formula is C23H38O7Si. The third-order valence-corrected chi connectivity index (χ3v) is 11.5. The van der Waals surface area contributed by atoms with E-state index in [9.17, 15) is 15.3 Å². The lowest BCUT2D eigenvalue weighted by Crippen LogP contribution is -2.61. The zero-order chi connectivity index (χ0) is 23.0. The third kappa shape index (κ3) is 5.22. The number of aliphatic hydroxyl groups excluding tert-OH is 3. The largest absolute Gasteiger partial charge is 0.414 e. The van der Waals surface area contributed by atoms with Gasteiger partial charge < -0.3 is 34.0 Å². The van der Waals surface area contributed by atoms with Crippen LogP contribution in [-0.2, 0) is 25.1 Å². The van der Waals surface area contributed by atoms with Crippen molar-refractivity contribution in [1.82, 2.24) is 0 Å². The molecule has 1 aliphatic heterocycles. The molecule has 1 aromatic carbocycles. The first-order valence-electron chi connectivity index (χ1n) is 11.1. The van der Waals surface area contributed by atoms with E-state index in [4.69, 9.17) is 18.6 Å². The van der Waals surface area contributed by atoms with Gasteiger partial charge in [-0.05, 0) is 42.1 Å². The fourth-order valence-corrected chi connectivity index (χ4v) is 4.97. The number of ether oxygens (including phenoxy) is 3. The summed E-state index contributed by atoms with van der Waals surface area (Å²) < 4.78 is 23.5. The maximum atomic E-state index is 11.0. The van der Waals surface area contributed by atoms with Crippen LogP contribution in [0.1, 0.15) is 44.4 Å². The molecule has 0 bridgehead atoms. The molecule has 0 amide bonds. The number of hydrogen-bond acceptors (Lipinski definition) is 7. The summed E-state index contributed by atoms with van der Waals surface area (Å²) in [7, 11) is -0.614. The van der Waals surface area contributed by atoms with Gasteiger partial charge in [0.05, 0.1) is 12.7 Å². The van der Waals surface area contributed by atoms with Crippen molar-refractivity contribution < 1.29 is 34.0 Å². The third-order valence-electron chi connectivity index (χ3n) is 7.04. The van der Waals surface area contributed by atoms with Gasteiger partial charge in [-0.25, -0.2) is 0 Å². The Morgan fingerprint density at radius 3 is 2.42 bits per heavy atom. The smallest absolute Gasteiger partial charge is 0.192 e. The van der Waals surface area contributed by atoms with E-state index in [2.05, 4.69) is 33.9 Å². The van der Waals surface area contributed by atoms with Crippen molar-refractivity contribution in [3.8, 4) is 0 Å². The highest BCUT2D eigenvalue weighted by atomic mass is 28.4. The quantitative estimate of drug-likeness (QED) is 0.568. The zero-order valence-corrected chi connectivity index (χ0v) is 20.4. The van der Waals surface area contributed by atoms with E-state index in [-0.39, 0.29) is 11.6 Å². The molecule has 1 saturated heterocycles. The molecule has 1 aliphatic carbocycles. The predicted octanol–water partition coefficient (Wildman–Crippen LogP) is 2.53.